The predicted molar refractivity (Wildman–Crippen MR) is 148 cm³/mol. The van der Waals surface area contributed by atoms with Crippen LogP contribution in [0.4, 0.5) is 11.5 Å². The van der Waals surface area contributed by atoms with Gasteiger partial charge in [-0.25, -0.2) is 4.98 Å². The highest BCUT2D eigenvalue weighted by atomic mass is 32.2. The van der Waals surface area contributed by atoms with Crippen LogP contribution in [0.1, 0.15) is 49.3 Å². The van der Waals surface area contributed by atoms with E-state index in [2.05, 4.69) is 10.3 Å². The second-order valence-corrected chi connectivity index (χ2v) is 11.3. The van der Waals surface area contributed by atoms with E-state index < -0.39 is 10.8 Å². The number of ketones is 1. The topological polar surface area (TPSA) is 136 Å². The first kappa shape index (κ1) is 26.5. The molecule has 1 aromatic heterocycles. The molecule has 2 heterocycles. The molecule has 11 heteroatoms. The summed E-state index contributed by atoms with van der Waals surface area (Å²) in [5.74, 6) is 1.25. The lowest BCUT2D eigenvalue weighted by molar-refractivity contribution is -0.384. The molecule has 0 amide bonds. The Labute approximate surface area is 229 Å². The number of rotatable bonds is 7. The third-order valence-corrected chi connectivity index (χ3v) is 7.92. The number of fused-ring (bicyclic) bond motifs is 1. The Bertz CT molecular complexity index is 1560. The van der Waals surface area contributed by atoms with E-state index in [-0.39, 0.29) is 22.4 Å². The molecule has 1 aliphatic heterocycles. The number of Topliss-reactive ketones (excluding diaryl/α,β-unsaturated/α-hetero) is 1. The molecule has 5 rings (SSSR count). The lowest BCUT2D eigenvalue weighted by Gasteiger charge is -2.38. The number of benzene rings is 2. The molecule has 0 fully saturated rings. The Morgan fingerprint density at radius 2 is 1.85 bits per heavy atom. The highest BCUT2D eigenvalue weighted by Gasteiger charge is 2.43. The summed E-state index contributed by atoms with van der Waals surface area (Å²) in [6, 6.07) is 11.6. The fourth-order valence-electron chi connectivity index (χ4n) is 5.20. The van der Waals surface area contributed by atoms with Gasteiger partial charge in [0.2, 0.25) is 0 Å². The van der Waals surface area contributed by atoms with Gasteiger partial charge >= 0.3 is 0 Å². The molecule has 0 bridgehead atoms. The highest BCUT2D eigenvalue weighted by molar-refractivity contribution is 7.98. The summed E-state index contributed by atoms with van der Waals surface area (Å²) in [6.07, 6.45) is 0.982. The van der Waals surface area contributed by atoms with Gasteiger partial charge in [-0.1, -0.05) is 37.7 Å². The Balaban J connectivity index is 1.58. The van der Waals surface area contributed by atoms with Crippen molar-refractivity contribution in [2.75, 3.05) is 19.5 Å². The maximum Gasteiger partial charge on any atom is 0.269 e. The number of carbonyl (C=O) groups is 1. The van der Waals surface area contributed by atoms with Crippen LogP contribution in [0.3, 0.4) is 0 Å². The standard InChI is InChI=1S/C28H28N4O6S/c1-28(2)12-19-23(20(33)13-28)22(18-11-17(37-3)9-10-21(18)38-4)24-25(29-19)30-27(31-26(24)34)39-14-15-5-7-16(8-6-15)32(35)36/h5-11,22H,12-14H2,1-4H3,(H2,29,30,31,34). The fourth-order valence-corrected chi connectivity index (χ4v) is 6.02. The van der Waals surface area contributed by atoms with Crippen LogP contribution in [0, 0.1) is 15.5 Å². The number of non-ortho nitro benzene ring substituents is 1. The number of allylic oxidation sites excluding steroid dienone is 2. The van der Waals surface area contributed by atoms with Crippen LogP contribution in [0.15, 0.2) is 63.7 Å². The number of hydrogen-bond donors (Lipinski definition) is 2. The number of ether oxygens (including phenoxy) is 2. The van der Waals surface area contributed by atoms with E-state index in [1.165, 1.54) is 23.9 Å². The van der Waals surface area contributed by atoms with Crippen molar-refractivity contribution < 1.29 is 19.2 Å². The molecular weight excluding hydrogens is 520 g/mol. The Hall–Kier alpha value is -4.12. The number of nitrogens with one attached hydrogen (secondary N) is 2. The molecule has 0 spiro atoms. The average molecular weight is 549 g/mol. The molecule has 0 radical (unpaired) electrons. The van der Waals surface area contributed by atoms with Crippen LogP contribution in [0.5, 0.6) is 11.5 Å². The molecule has 2 aliphatic rings. The second kappa shape index (κ2) is 10.2. The maximum atomic E-state index is 13.6. The quantitative estimate of drug-likeness (QED) is 0.177. The zero-order valence-electron chi connectivity index (χ0n) is 22.0. The van der Waals surface area contributed by atoms with Gasteiger partial charge < -0.3 is 19.8 Å². The van der Waals surface area contributed by atoms with Crippen molar-refractivity contribution in [1.29, 1.82) is 0 Å². The van der Waals surface area contributed by atoms with E-state index in [9.17, 15) is 19.7 Å². The molecule has 1 unspecified atom stereocenters. The molecule has 1 aliphatic carbocycles. The number of nitro benzene ring substituents is 1. The van der Waals surface area contributed by atoms with Gasteiger partial charge in [0.25, 0.3) is 11.2 Å². The minimum absolute atomic E-state index is 0.0151. The minimum Gasteiger partial charge on any atom is -0.497 e. The second-order valence-electron chi connectivity index (χ2n) is 10.3. The molecular formula is C28H28N4O6S. The predicted octanol–water partition coefficient (Wildman–Crippen LogP) is 5.19. The Morgan fingerprint density at radius 3 is 2.51 bits per heavy atom. The number of nitro groups is 1. The molecule has 10 nitrogen and oxygen atoms in total. The fraction of sp³-hybridized carbons (Fsp3) is 0.321. The lowest BCUT2D eigenvalue weighted by Crippen LogP contribution is -2.37. The van der Waals surface area contributed by atoms with Crippen LogP contribution in [0.2, 0.25) is 0 Å². The van der Waals surface area contributed by atoms with Gasteiger partial charge in [-0.2, -0.15) is 0 Å². The molecule has 2 aromatic carbocycles. The number of aromatic amines is 1. The molecule has 1 atom stereocenters. The summed E-state index contributed by atoms with van der Waals surface area (Å²) in [7, 11) is 3.11. The number of methoxy groups -OCH3 is 2. The van der Waals surface area contributed by atoms with Gasteiger partial charge in [0, 0.05) is 41.1 Å². The summed E-state index contributed by atoms with van der Waals surface area (Å²) in [6.45, 7) is 4.09. The third-order valence-electron chi connectivity index (χ3n) is 6.97. The van der Waals surface area contributed by atoms with E-state index in [1.54, 1.807) is 44.6 Å². The van der Waals surface area contributed by atoms with Crippen molar-refractivity contribution >= 4 is 29.1 Å². The summed E-state index contributed by atoms with van der Waals surface area (Å²) in [4.78, 5) is 45.3. The number of nitrogens with zero attached hydrogens (tertiary/aromatic N) is 2. The van der Waals surface area contributed by atoms with Crippen molar-refractivity contribution in [2.45, 2.75) is 43.5 Å². The van der Waals surface area contributed by atoms with Crippen molar-refractivity contribution in [3.63, 3.8) is 0 Å². The first-order valence-electron chi connectivity index (χ1n) is 12.4. The Morgan fingerprint density at radius 1 is 1.10 bits per heavy atom. The van der Waals surface area contributed by atoms with E-state index in [0.29, 0.717) is 57.8 Å². The van der Waals surface area contributed by atoms with E-state index in [4.69, 9.17) is 14.5 Å². The van der Waals surface area contributed by atoms with E-state index >= 15 is 0 Å². The number of hydrogen-bond acceptors (Lipinski definition) is 9. The van der Waals surface area contributed by atoms with Crippen molar-refractivity contribution in [1.82, 2.24) is 9.97 Å². The first-order valence-corrected chi connectivity index (χ1v) is 13.3. The van der Waals surface area contributed by atoms with Crippen LogP contribution >= 0.6 is 11.8 Å². The monoisotopic (exact) mass is 548 g/mol. The number of H-pyrrole nitrogens is 1. The maximum absolute atomic E-state index is 13.6. The summed E-state index contributed by atoms with van der Waals surface area (Å²) >= 11 is 1.31. The highest BCUT2D eigenvalue weighted by Crippen LogP contribution is 2.49. The van der Waals surface area contributed by atoms with Gasteiger partial charge in [-0.3, -0.25) is 19.7 Å². The van der Waals surface area contributed by atoms with Gasteiger partial charge in [0.15, 0.2) is 10.9 Å². The zero-order valence-corrected chi connectivity index (χ0v) is 22.8. The zero-order chi connectivity index (χ0) is 27.9. The summed E-state index contributed by atoms with van der Waals surface area (Å²) in [5, 5.41) is 14.6. The van der Waals surface area contributed by atoms with Crippen LogP contribution in [-0.4, -0.2) is 34.9 Å². The number of aromatic nitrogens is 2. The van der Waals surface area contributed by atoms with Gasteiger partial charge in [0.05, 0.1) is 30.6 Å². The van der Waals surface area contributed by atoms with Crippen molar-refractivity contribution in [2.24, 2.45) is 5.41 Å². The first-order chi connectivity index (χ1) is 18.6. The third kappa shape index (κ3) is 5.14. The molecule has 39 heavy (non-hydrogen) atoms. The molecule has 202 valence electrons. The van der Waals surface area contributed by atoms with Gasteiger partial charge in [0.1, 0.15) is 17.3 Å². The number of anilines is 1. The normalized spacial score (nSPS) is 17.6. The largest absolute Gasteiger partial charge is 0.497 e. The SMILES string of the molecule is COc1ccc(OC)c(C2C3=C(CC(C)(C)CC3=O)Nc3nc(SCc4ccc([N+](=O)[O-])cc4)[nH]c(=O)c32)c1. The number of carbonyl (C=O) groups excluding carboxylic acids is 1. The van der Waals surface area contributed by atoms with E-state index in [0.717, 1.165) is 11.3 Å². The van der Waals surface area contributed by atoms with Crippen LogP contribution in [-0.2, 0) is 10.5 Å². The smallest absolute Gasteiger partial charge is 0.269 e. The molecule has 2 N–H and O–H groups in total. The van der Waals surface area contributed by atoms with Gasteiger partial charge in [-0.05, 0) is 35.6 Å². The van der Waals surface area contributed by atoms with Crippen LogP contribution < -0.4 is 20.3 Å². The average Bonchev–Trinajstić information content (AvgIpc) is 2.89. The lowest BCUT2D eigenvalue weighted by atomic mass is 9.69. The molecule has 0 saturated heterocycles. The van der Waals surface area contributed by atoms with Crippen molar-refractivity contribution in [3.05, 3.63) is 90.9 Å². The summed E-state index contributed by atoms with van der Waals surface area (Å²) < 4.78 is 11.1. The molecule has 3 aromatic rings. The minimum atomic E-state index is -0.685. The van der Waals surface area contributed by atoms with Gasteiger partial charge in [-0.15, -0.1) is 0 Å². The van der Waals surface area contributed by atoms with E-state index in [1.807, 2.05) is 13.8 Å². The molecule has 0 saturated carbocycles. The van der Waals surface area contributed by atoms with Crippen molar-refractivity contribution in [3.8, 4) is 11.5 Å². The number of thioether (sulfide) groups is 1. The van der Waals surface area contributed by atoms with Crippen LogP contribution in [0.25, 0.3) is 0 Å². The summed E-state index contributed by atoms with van der Waals surface area (Å²) in [5.41, 5.74) is 2.54. The Kier molecular flexibility index (Phi) is 6.94.